The second kappa shape index (κ2) is 10.5. The predicted molar refractivity (Wildman–Crippen MR) is 143 cm³/mol. The standard InChI is InChI=1S/C32H32F3N/c1-21-16-26(34)11-12-27(21)29-10-5-8-25-7-3-4-9-28(25)32(29)31-22(2)15-23(18-30(31)35)17-24-19-36(20-24)14-6-13-33/h3-4,7,9,11-12,15-18H,5-6,8,10,13-14,19-20H2,1-2H3. The number of hydrogen-bond donors (Lipinski definition) is 0. The Balaban J connectivity index is 1.61. The Morgan fingerprint density at radius 2 is 1.69 bits per heavy atom. The summed E-state index contributed by atoms with van der Waals surface area (Å²) in [5.74, 6) is -0.495. The highest BCUT2D eigenvalue weighted by Crippen LogP contribution is 2.42. The molecule has 0 radical (unpaired) electrons. The van der Waals surface area contributed by atoms with Gasteiger partial charge in [-0.2, -0.15) is 0 Å². The molecule has 0 atom stereocenters. The minimum absolute atomic E-state index is 0.237. The lowest BCUT2D eigenvalue weighted by Gasteiger charge is -2.33. The van der Waals surface area contributed by atoms with Gasteiger partial charge in [-0.25, -0.2) is 8.78 Å². The normalized spacial score (nSPS) is 16.0. The van der Waals surface area contributed by atoms with Crippen LogP contribution in [0, 0.1) is 25.5 Å². The van der Waals surface area contributed by atoms with Crippen LogP contribution in [0.3, 0.4) is 0 Å². The largest absolute Gasteiger partial charge is 0.295 e. The number of benzene rings is 3. The molecule has 1 nitrogen and oxygen atoms in total. The second-order valence-corrected chi connectivity index (χ2v) is 10.1. The number of fused-ring (bicyclic) bond motifs is 1. The molecule has 0 unspecified atom stereocenters. The van der Waals surface area contributed by atoms with Gasteiger partial charge in [0.15, 0.2) is 0 Å². The van der Waals surface area contributed by atoms with Crippen molar-refractivity contribution < 1.29 is 13.2 Å². The van der Waals surface area contributed by atoms with E-state index in [0.29, 0.717) is 12.0 Å². The van der Waals surface area contributed by atoms with Gasteiger partial charge >= 0.3 is 0 Å². The Morgan fingerprint density at radius 3 is 2.44 bits per heavy atom. The van der Waals surface area contributed by atoms with Crippen molar-refractivity contribution in [2.45, 2.75) is 39.5 Å². The van der Waals surface area contributed by atoms with Gasteiger partial charge in [-0.05, 0) is 108 Å². The van der Waals surface area contributed by atoms with E-state index in [9.17, 15) is 8.78 Å². The number of halogens is 3. The van der Waals surface area contributed by atoms with E-state index in [-0.39, 0.29) is 18.3 Å². The fourth-order valence-corrected chi connectivity index (χ4v) is 5.71. The third kappa shape index (κ3) is 4.92. The third-order valence-corrected chi connectivity index (χ3v) is 7.37. The molecule has 4 heteroatoms. The SMILES string of the molecule is Cc1cc(F)ccc1C1=C(c2c(C)cc(C=C3CN(CCCF)C3)cc2F)c2ccccc2CCC1. The van der Waals surface area contributed by atoms with Crippen LogP contribution < -0.4 is 0 Å². The van der Waals surface area contributed by atoms with Crippen LogP contribution in [0.1, 0.15) is 58.2 Å². The monoisotopic (exact) mass is 487 g/mol. The fourth-order valence-electron chi connectivity index (χ4n) is 5.71. The molecule has 0 bridgehead atoms. The van der Waals surface area contributed by atoms with E-state index in [2.05, 4.69) is 29.2 Å². The average Bonchev–Trinajstić information content (AvgIpc) is 3.00. The molecule has 0 N–H and O–H groups in total. The molecule has 1 aliphatic carbocycles. The van der Waals surface area contributed by atoms with Gasteiger partial charge in [0.25, 0.3) is 0 Å². The first kappa shape index (κ1) is 24.6. The molecule has 0 aromatic heterocycles. The van der Waals surface area contributed by atoms with Gasteiger partial charge in [0.1, 0.15) is 11.6 Å². The molecule has 2 aliphatic rings. The molecule has 0 saturated carbocycles. The fraction of sp³-hybridized carbons (Fsp3) is 0.312. The maximum Gasteiger partial charge on any atom is 0.131 e. The summed E-state index contributed by atoms with van der Waals surface area (Å²) in [6, 6.07) is 16.9. The molecule has 186 valence electrons. The number of rotatable bonds is 6. The number of nitrogens with zero attached hydrogens (tertiary/aromatic N) is 1. The first-order chi connectivity index (χ1) is 17.4. The van der Waals surface area contributed by atoms with Crippen LogP contribution in [0.25, 0.3) is 17.2 Å². The minimum atomic E-state index is -0.292. The van der Waals surface area contributed by atoms with Crippen molar-refractivity contribution in [3.63, 3.8) is 0 Å². The highest BCUT2D eigenvalue weighted by atomic mass is 19.1. The third-order valence-electron chi connectivity index (χ3n) is 7.37. The second-order valence-electron chi connectivity index (χ2n) is 10.1. The number of likely N-dealkylation sites (tertiary alicyclic amines) is 1. The number of alkyl halides is 1. The van der Waals surface area contributed by atoms with E-state index in [0.717, 1.165) is 77.9 Å². The van der Waals surface area contributed by atoms with Crippen LogP contribution in [0.2, 0.25) is 0 Å². The van der Waals surface area contributed by atoms with Crippen molar-refractivity contribution >= 4 is 17.2 Å². The maximum absolute atomic E-state index is 16.0. The number of hydrogen-bond acceptors (Lipinski definition) is 1. The highest BCUT2D eigenvalue weighted by molar-refractivity contribution is 6.01. The van der Waals surface area contributed by atoms with E-state index in [1.165, 1.54) is 17.2 Å². The summed E-state index contributed by atoms with van der Waals surface area (Å²) < 4.78 is 42.4. The zero-order valence-corrected chi connectivity index (χ0v) is 21.0. The van der Waals surface area contributed by atoms with Crippen molar-refractivity contribution in [3.05, 3.63) is 111 Å². The predicted octanol–water partition coefficient (Wildman–Crippen LogP) is 7.94. The maximum atomic E-state index is 16.0. The van der Waals surface area contributed by atoms with Gasteiger partial charge in [0.05, 0.1) is 6.67 Å². The minimum Gasteiger partial charge on any atom is -0.295 e. The Hall–Kier alpha value is -3.11. The Bertz CT molecular complexity index is 1320. The average molecular weight is 488 g/mol. The van der Waals surface area contributed by atoms with Gasteiger partial charge in [-0.15, -0.1) is 0 Å². The lowest BCUT2D eigenvalue weighted by Crippen LogP contribution is -2.40. The molecular formula is C32H32F3N. The summed E-state index contributed by atoms with van der Waals surface area (Å²) in [5, 5.41) is 0. The van der Waals surface area contributed by atoms with Crippen LogP contribution in [-0.2, 0) is 6.42 Å². The van der Waals surface area contributed by atoms with Crippen molar-refractivity contribution in [1.29, 1.82) is 0 Å². The molecular weight excluding hydrogens is 455 g/mol. The highest BCUT2D eigenvalue weighted by Gasteiger charge is 2.25. The molecule has 0 amide bonds. The Labute approximate surface area is 212 Å². The molecule has 1 fully saturated rings. The van der Waals surface area contributed by atoms with Crippen LogP contribution >= 0.6 is 0 Å². The Kier molecular flexibility index (Phi) is 7.15. The molecule has 3 aromatic rings. The van der Waals surface area contributed by atoms with Crippen molar-refractivity contribution in [3.8, 4) is 0 Å². The molecule has 0 spiro atoms. The molecule has 1 aliphatic heterocycles. The van der Waals surface area contributed by atoms with Gasteiger partial charge in [-0.1, -0.05) is 42.5 Å². The van der Waals surface area contributed by atoms with Crippen LogP contribution in [0.5, 0.6) is 0 Å². The van der Waals surface area contributed by atoms with Gasteiger partial charge in [-0.3, -0.25) is 9.29 Å². The smallest absolute Gasteiger partial charge is 0.131 e. The van der Waals surface area contributed by atoms with Gasteiger partial charge in [0.2, 0.25) is 0 Å². The topological polar surface area (TPSA) is 3.24 Å². The van der Waals surface area contributed by atoms with Crippen LogP contribution in [-0.4, -0.2) is 31.2 Å². The lowest BCUT2D eigenvalue weighted by molar-refractivity contribution is 0.239. The van der Waals surface area contributed by atoms with Crippen molar-refractivity contribution in [2.75, 3.05) is 26.3 Å². The summed E-state index contributed by atoms with van der Waals surface area (Å²) in [6.07, 6.45) is 5.30. The summed E-state index contributed by atoms with van der Waals surface area (Å²) in [4.78, 5) is 2.20. The zero-order chi connectivity index (χ0) is 25.2. The van der Waals surface area contributed by atoms with E-state index in [1.807, 2.05) is 32.0 Å². The molecule has 36 heavy (non-hydrogen) atoms. The quantitative estimate of drug-likeness (QED) is 0.341. The van der Waals surface area contributed by atoms with Gasteiger partial charge in [0, 0.05) is 25.2 Å². The molecule has 1 heterocycles. The number of allylic oxidation sites excluding steroid dienone is 1. The Morgan fingerprint density at radius 1 is 0.889 bits per heavy atom. The van der Waals surface area contributed by atoms with E-state index >= 15 is 4.39 Å². The first-order valence-corrected chi connectivity index (χ1v) is 12.8. The van der Waals surface area contributed by atoms with E-state index in [4.69, 9.17) is 0 Å². The zero-order valence-electron chi connectivity index (χ0n) is 21.0. The van der Waals surface area contributed by atoms with Crippen molar-refractivity contribution in [2.24, 2.45) is 0 Å². The molecule has 3 aromatic carbocycles. The van der Waals surface area contributed by atoms with E-state index < -0.39 is 0 Å². The first-order valence-electron chi connectivity index (χ1n) is 12.8. The lowest BCUT2D eigenvalue weighted by atomic mass is 9.84. The summed E-state index contributed by atoms with van der Waals surface area (Å²) in [6.45, 7) is 6.00. The van der Waals surface area contributed by atoms with Crippen molar-refractivity contribution in [1.82, 2.24) is 4.90 Å². The van der Waals surface area contributed by atoms with Crippen LogP contribution in [0.15, 0.2) is 60.2 Å². The molecule has 5 rings (SSSR count). The van der Waals surface area contributed by atoms with Crippen LogP contribution in [0.4, 0.5) is 13.2 Å². The number of aryl methyl sites for hydroxylation is 3. The molecule has 1 saturated heterocycles. The summed E-state index contributed by atoms with van der Waals surface area (Å²) in [7, 11) is 0. The van der Waals surface area contributed by atoms with Gasteiger partial charge < -0.3 is 0 Å². The summed E-state index contributed by atoms with van der Waals surface area (Å²) in [5.41, 5.74) is 9.74. The van der Waals surface area contributed by atoms with E-state index in [1.54, 1.807) is 12.1 Å². The summed E-state index contributed by atoms with van der Waals surface area (Å²) >= 11 is 0.